The Morgan fingerprint density at radius 2 is 1.92 bits per heavy atom. The molecule has 0 fully saturated rings. The molecule has 1 aromatic heterocycles. The van der Waals surface area contributed by atoms with E-state index in [1.807, 2.05) is 37.3 Å². The Labute approximate surface area is 144 Å². The van der Waals surface area contributed by atoms with Crippen LogP contribution >= 0.6 is 11.6 Å². The minimum Gasteiger partial charge on any atom is -0.358 e. The fourth-order valence-corrected chi connectivity index (χ4v) is 3.16. The van der Waals surface area contributed by atoms with Crippen LogP contribution in [-0.4, -0.2) is 10.9 Å². The number of rotatable bonds is 1. The molecule has 0 atom stereocenters. The van der Waals surface area contributed by atoms with Crippen LogP contribution in [0.25, 0.3) is 11.1 Å². The normalized spacial score (nSPS) is 12.6. The van der Waals surface area contributed by atoms with Crippen LogP contribution in [0.3, 0.4) is 0 Å². The number of hydrogen-bond acceptors (Lipinski definition) is 4. The zero-order valence-corrected chi connectivity index (χ0v) is 13.6. The lowest BCUT2D eigenvalue weighted by Gasteiger charge is -2.11. The third-order valence-corrected chi connectivity index (χ3v) is 4.34. The van der Waals surface area contributed by atoms with Crippen molar-refractivity contribution in [2.45, 2.75) is 13.5 Å². The van der Waals surface area contributed by atoms with Gasteiger partial charge in [-0.2, -0.15) is 5.26 Å². The van der Waals surface area contributed by atoms with Crippen molar-refractivity contribution in [1.29, 1.82) is 5.26 Å². The molecule has 0 amide bonds. The van der Waals surface area contributed by atoms with Gasteiger partial charge < -0.3 is 4.52 Å². The van der Waals surface area contributed by atoms with Crippen LogP contribution < -0.4 is 0 Å². The zero-order valence-electron chi connectivity index (χ0n) is 12.9. The fourth-order valence-electron chi connectivity index (χ4n) is 2.99. The monoisotopic (exact) mass is 333 g/mol. The molecule has 0 saturated heterocycles. The van der Waals surface area contributed by atoms with Gasteiger partial charge >= 0.3 is 0 Å². The molecule has 2 aromatic carbocycles. The van der Waals surface area contributed by atoms with Gasteiger partial charge in [0.1, 0.15) is 6.54 Å². The molecule has 0 unspecified atom stereocenters. The minimum absolute atomic E-state index is 0.414. The van der Waals surface area contributed by atoms with Gasteiger partial charge in [-0.1, -0.05) is 35.0 Å². The molecular weight excluding hydrogens is 322 g/mol. The molecule has 0 aliphatic carbocycles. The highest BCUT2D eigenvalue weighted by atomic mass is 35.5. The summed E-state index contributed by atoms with van der Waals surface area (Å²) in [5.41, 5.74) is 6.16. The van der Waals surface area contributed by atoms with Gasteiger partial charge in [0, 0.05) is 16.1 Å². The molecule has 5 heteroatoms. The first-order valence-electron chi connectivity index (χ1n) is 7.48. The summed E-state index contributed by atoms with van der Waals surface area (Å²) in [6.07, 6.45) is 0. The average molecular weight is 334 g/mol. The summed E-state index contributed by atoms with van der Waals surface area (Å²) in [4.78, 5) is 4.73. The number of hydrogen-bond donors (Lipinski definition) is 0. The van der Waals surface area contributed by atoms with E-state index >= 15 is 0 Å². The van der Waals surface area contributed by atoms with Crippen LogP contribution in [0.1, 0.15) is 28.1 Å². The Balaban J connectivity index is 1.95. The molecule has 0 spiro atoms. The van der Waals surface area contributed by atoms with Crippen LogP contribution in [0.4, 0.5) is 0 Å². The zero-order chi connectivity index (χ0) is 16.7. The van der Waals surface area contributed by atoms with E-state index in [0.717, 1.165) is 39.4 Å². The van der Waals surface area contributed by atoms with Crippen molar-refractivity contribution in [3.05, 3.63) is 75.6 Å². The molecular formula is C19H12ClN3O. The summed E-state index contributed by atoms with van der Waals surface area (Å²) >= 11 is 6.23. The van der Waals surface area contributed by atoms with Crippen LogP contribution in [0, 0.1) is 18.3 Å². The van der Waals surface area contributed by atoms with Gasteiger partial charge in [0.05, 0.1) is 28.6 Å². The van der Waals surface area contributed by atoms with E-state index in [1.54, 1.807) is 12.1 Å². The summed E-state index contributed by atoms with van der Waals surface area (Å²) in [6, 6.07) is 15.3. The van der Waals surface area contributed by atoms with Crippen molar-refractivity contribution in [2.75, 3.05) is 0 Å². The van der Waals surface area contributed by atoms with Crippen LogP contribution in [0.5, 0.6) is 0 Å². The van der Waals surface area contributed by atoms with Crippen molar-refractivity contribution in [1.82, 2.24) is 5.16 Å². The standard InChI is InChI=1S/C19H12ClN3O/c1-11-18-15-7-6-14(20)8-16(15)19(22-10-17(18)24-23-11)13-4-2-12(9-21)3-5-13/h2-8H,10H2,1H3. The van der Waals surface area contributed by atoms with Gasteiger partial charge in [0.25, 0.3) is 0 Å². The molecule has 0 bridgehead atoms. The van der Waals surface area contributed by atoms with E-state index in [-0.39, 0.29) is 0 Å². The summed E-state index contributed by atoms with van der Waals surface area (Å²) in [6.45, 7) is 2.34. The molecule has 116 valence electrons. The topological polar surface area (TPSA) is 62.2 Å². The summed E-state index contributed by atoms with van der Waals surface area (Å²) in [5.74, 6) is 0.750. The number of nitriles is 1. The molecule has 2 heterocycles. The highest BCUT2D eigenvalue weighted by Gasteiger charge is 2.24. The molecule has 4 nitrogen and oxygen atoms in total. The SMILES string of the molecule is Cc1noc2c1-c1ccc(Cl)cc1C(c1ccc(C#N)cc1)=NC2. The fraction of sp³-hybridized carbons (Fsp3) is 0.105. The second-order valence-corrected chi connectivity index (χ2v) is 6.05. The quantitative estimate of drug-likeness (QED) is 0.657. The van der Waals surface area contributed by atoms with Crippen molar-refractivity contribution in [3.8, 4) is 17.2 Å². The van der Waals surface area contributed by atoms with E-state index < -0.39 is 0 Å². The number of halogens is 1. The Morgan fingerprint density at radius 3 is 2.67 bits per heavy atom. The van der Waals surface area contributed by atoms with Gasteiger partial charge in [-0.3, -0.25) is 4.99 Å². The number of aromatic nitrogens is 1. The Kier molecular flexibility index (Phi) is 3.44. The number of aryl methyl sites for hydroxylation is 1. The van der Waals surface area contributed by atoms with Gasteiger partial charge in [-0.15, -0.1) is 0 Å². The maximum absolute atomic E-state index is 8.98. The molecule has 1 aliphatic rings. The molecule has 4 rings (SSSR count). The molecule has 1 aliphatic heterocycles. The summed E-state index contributed by atoms with van der Waals surface area (Å²) < 4.78 is 5.44. The third-order valence-electron chi connectivity index (χ3n) is 4.11. The van der Waals surface area contributed by atoms with Crippen LogP contribution in [-0.2, 0) is 6.54 Å². The minimum atomic E-state index is 0.414. The lowest BCUT2D eigenvalue weighted by molar-refractivity contribution is 0.382. The van der Waals surface area contributed by atoms with Gasteiger partial charge in [-0.25, -0.2) is 0 Å². The molecule has 0 saturated carbocycles. The number of nitrogens with zero attached hydrogens (tertiary/aromatic N) is 3. The predicted octanol–water partition coefficient (Wildman–Crippen LogP) is 4.53. The Bertz CT molecular complexity index is 1010. The Morgan fingerprint density at radius 1 is 1.12 bits per heavy atom. The van der Waals surface area contributed by atoms with Crippen LogP contribution in [0.2, 0.25) is 5.02 Å². The third kappa shape index (κ3) is 2.31. The lowest BCUT2D eigenvalue weighted by atomic mass is 9.93. The van der Waals surface area contributed by atoms with Gasteiger partial charge in [-0.05, 0) is 36.8 Å². The predicted molar refractivity (Wildman–Crippen MR) is 92.2 cm³/mol. The molecule has 24 heavy (non-hydrogen) atoms. The van der Waals surface area contributed by atoms with Gasteiger partial charge in [0.15, 0.2) is 5.76 Å². The largest absolute Gasteiger partial charge is 0.358 e. The molecule has 0 radical (unpaired) electrons. The van der Waals surface area contributed by atoms with E-state index in [4.69, 9.17) is 26.4 Å². The maximum Gasteiger partial charge on any atom is 0.166 e. The second-order valence-electron chi connectivity index (χ2n) is 5.61. The van der Waals surface area contributed by atoms with Crippen molar-refractivity contribution >= 4 is 17.3 Å². The number of fused-ring (bicyclic) bond motifs is 3. The maximum atomic E-state index is 8.98. The van der Waals surface area contributed by atoms with E-state index in [2.05, 4.69) is 11.2 Å². The van der Waals surface area contributed by atoms with Crippen molar-refractivity contribution in [3.63, 3.8) is 0 Å². The number of benzene rings is 2. The first-order chi connectivity index (χ1) is 11.7. The first kappa shape index (κ1) is 14.7. The molecule has 0 N–H and O–H groups in total. The second kappa shape index (κ2) is 5.63. The highest BCUT2D eigenvalue weighted by Crippen LogP contribution is 2.36. The number of aliphatic imine (C=N–C) groups is 1. The molecule has 3 aromatic rings. The van der Waals surface area contributed by atoms with E-state index in [9.17, 15) is 0 Å². The highest BCUT2D eigenvalue weighted by molar-refractivity contribution is 6.31. The van der Waals surface area contributed by atoms with E-state index in [0.29, 0.717) is 17.1 Å². The Hall–Kier alpha value is -2.90. The van der Waals surface area contributed by atoms with Crippen LogP contribution in [0.15, 0.2) is 52.0 Å². The smallest absolute Gasteiger partial charge is 0.166 e. The lowest BCUT2D eigenvalue weighted by Crippen LogP contribution is -2.05. The first-order valence-corrected chi connectivity index (χ1v) is 7.85. The van der Waals surface area contributed by atoms with Crippen molar-refractivity contribution in [2.24, 2.45) is 4.99 Å². The van der Waals surface area contributed by atoms with E-state index in [1.165, 1.54) is 0 Å². The summed E-state index contributed by atoms with van der Waals surface area (Å²) in [7, 11) is 0. The summed E-state index contributed by atoms with van der Waals surface area (Å²) in [5, 5.41) is 13.7. The average Bonchev–Trinajstić information content (AvgIpc) is 2.88. The van der Waals surface area contributed by atoms with Gasteiger partial charge in [0.2, 0.25) is 0 Å². The van der Waals surface area contributed by atoms with Crippen molar-refractivity contribution < 1.29 is 4.52 Å².